The van der Waals surface area contributed by atoms with E-state index in [1.165, 1.54) is 0 Å². The molecule has 0 aliphatic carbocycles. The molecule has 198 valence electrons. The van der Waals surface area contributed by atoms with Gasteiger partial charge in [-0.25, -0.2) is 9.78 Å². The van der Waals surface area contributed by atoms with E-state index in [9.17, 15) is 10.1 Å². The number of carbonyl (C=O) groups excluding carboxylic acids is 1. The Balaban J connectivity index is 1.23. The number of hydrogen-bond acceptors (Lipinski definition) is 7. The number of carbonyl (C=O) groups is 1. The Morgan fingerprint density at radius 1 is 1.08 bits per heavy atom. The second-order valence-electron chi connectivity index (χ2n) is 10.3. The van der Waals surface area contributed by atoms with Crippen LogP contribution in [0.1, 0.15) is 39.2 Å². The van der Waals surface area contributed by atoms with E-state index in [2.05, 4.69) is 57.2 Å². The van der Waals surface area contributed by atoms with Crippen molar-refractivity contribution in [3.63, 3.8) is 0 Å². The van der Waals surface area contributed by atoms with Crippen molar-refractivity contribution in [1.82, 2.24) is 20.2 Å². The van der Waals surface area contributed by atoms with Crippen LogP contribution in [0.4, 0.5) is 22.0 Å². The molecular formula is C29H36N8O. The number of nitrogens with zero attached hydrogens (tertiary/aromatic N) is 6. The number of rotatable bonds is 5. The fourth-order valence-corrected chi connectivity index (χ4v) is 5.69. The highest BCUT2D eigenvalue weighted by Gasteiger charge is 2.33. The number of anilines is 3. The molecule has 9 heteroatoms. The minimum Gasteiger partial charge on any atom is -0.364 e. The topological polar surface area (TPSA) is 100 Å². The predicted molar refractivity (Wildman–Crippen MR) is 152 cm³/mol. The number of piperidine rings is 1. The highest BCUT2D eigenvalue weighted by Crippen LogP contribution is 2.32. The zero-order valence-corrected chi connectivity index (χ0v) is 22.4. The van der Waals surface area contributed by atoms with E-state index in [4.69, 9.17) is 0 Å². The van der Waals surface area contributed by atoms with Crippen LogP contribution >= 0.6 is 0 Å². The number of urea groups is 1. The standard InChI is InChI=1S/C29H36N8O/c1-4-31-23-11-14-35(15-12-23)27-10-8-24(17-33-27)34-29(38)37-19-20(2)36(18-21(37)3)26-9-7-22(16-30)28-25(26)6-5-13-32-28/h5-10,13,17,20-21,23,31H,4,11-12,14-15,18-19H2,1-3H3,(H,34,38)/t20-,21+/m0/s1. The van der Waals surface area contributed by atoms with Crippen molar-refractivity contribution in [3.05, 3.63) is 54.4 Å². The van der Waals surface area contributed by atoms with Gasteiger partial charge in [-0.15, -0.1) is 0 Å². The van der Waals surface area contributed by atoms with Crippen molar-refractivity contribution in [1.29, 1.82) is 5.26 Å². The third-order valence-corrected chi connectivity index (χ3v) is 7.73. The van der Waals surface area contributed by atoms with Gasteiger partial charge in [0.05, 0.1) is 23.0 Å². The number of nitrogens with one attached hydrogen (secondary N) is 2. The molecule has 2 saturated heterocycles. The number of piperazine rings is 1. The molecule has 2 aliphatic rings. The lowest BCUT2D eigenvalue weighted by Crippen LogP contribution is -2.59. The van der Waals surface area contributed by atoms with E-state index < -0.39 is 0 Å². The van der Waals surface area contributed by atoms with Crippen LogP contribution in [0.2, 0.25) is 0 Å². The Morgan fingerprint density at radius 3 is 2.61 bits per heavy atom. The molecule has 5 rings (SSSR count). The van der Waals surface area contributed by atoms with Crippen LogP contribution in [0, 0.1) is 11.3 Å². The second kappa shape index (κ2) is 11.2. The lowest BCUT2D eigenvalue weighted by molar-refractivity contribution is 0.173. The van der Waals surface area contributed by atoms with E-state index in [1.54, 1.807) is 12.4 Å². The summed E-state index contributed by atoms with van der Waals surface area (Å²) in [6.07, 6.45) is 5.70. The molecule has 2 aromatic heterocycles. The minimum absolute atomic E-state index is 0.00109. The smallest absolute Gasteiger partial charge is 0.322 e. The van der Waals surface area contributed by atoms with E-state index in [1.807, 2.05) is 41.3 Å². The van der Waals surface area contributed by atoms with Crippen molar-refractivity contribution in [3.8, 4) is 6.07 Å². The number of hydrogen-bond donors (Lipinski definition) is 2. The van der Waals surface area contributed by atoms with Gasteiger partial charge in [-0.1, -0.05) is 6.92 Å². The number of benzene rings is 1. The number of amides is 2. The summed E-state index contributed by atoms with van der Waals surface area (Å²) in [5.74, 6) is 0.956. The summed E-state index contributed by atoms with van der Waals surface area (Å²) in [6, 6.07) is 14.5. The summed E-state index contributed by atoms with van der Waals surface area (Å²) in [5.41, 5.74) is 3.03. The van der Waals surface area contributed by atoms with Crippen LogP contribution in [-0.4, -0.2) is 71.7 Å². The maximum absolute atomic E-state index is 13.3. The van der Waals surface area contributed by atoms with Gasteiger partial charge in [0.1, 0.15) is 11.9 Å². The van der Waals surface area contributed by atoms with Crippen molar-refractivity contribution in [2.24, 2.45) is 0 Å². The molecule has 9 nitrogen and oxygen atoms in total. The summed E-state index contributed by atoms with van der Waals surface area (Å²) < 4.78 is 0. The summed E-state index contributed by atoms with van der Waals surface area (Å²) >= 11 is 0. The first kappa shape index (κ1) is 25.7. The van der Waals surface area contributed by atoms with Gasteiger partial charge in [-0.3, -0.25) is 4.98 Å². The molecule has 2 aliphatic heterocycles. The maximum atomic E-state index is 13.3. The lowest BCUT2D eigenvalue weighted by Gasteiger charge is -2.45. The van der Waals surface area contributed by atoms with E-state index in [-0.39, 0.29) is 18.1 Å². The maximum Gasteiger partial charge on any atom is 0.322 e. The molecular weight excluding hydrogens is 476 g/mol. The highest BCUT2D eigenvalue weighted by molar-refractivity contribution is 5.95. The Morgan fingerprint density at radius 2 is 1.89 bits per heavy atom. The molecule has 0 unspecified atom stereocenters. The first-order valence-electron chi connectivity index (χ1n) is 13.5. The largest absolute Gasteiger partial charge is 0.364 e. The summed E-state index contributed by atoms with van der Waals surface area (Å²) in [4.78, 5) is 28.9. The van der Waals surface area contributed by atoms with Crippen molar-refractivity contribution in [2.45, 2.75) is 51.7 Å². The van der Waals surface area contributed by atoms with E-state index >= 15 is 0 Å². The highest BCUT2D eigenvalue weighted by atomic mass is 16.2. The third kappa shape index (κ3) is 5.22. The van der Waals surface area contributed by atoms with Gasteiger partial charge in [-0.2, -0.15) is 5.26 Å². The van der Waals surface area contributed by atoms with E-state index in [0.29, 0.717) is 35.9 Å². The van der Waals surface area contributed by atoms with Crippen LogP contribution in [0.5, 0.6) is 0 Å². The molecule has 38 heavy (non-hydrogen) atoms. The number of nitriles is 1. The van der Waals surface area contributed by atoms with Gasteiger partial charge in [0.15, 0.2) is 0 Å². The van der Waals surface area contributed by atoms with Gasteiger partial charge >= 0.3 is 6.03 Å². The zero-order chi connectivity index (χ0) is 26.6. The summed E-state index contributed by atoms with van der Waals surface area (Å²) in [5, 5.41) is 17.0. The first-order chi connectivity index (χ1) is 18.5. The van der Waals surface area contributed by atoms with Gasteiger partial charge < -0.3 is 25.3 Å². The monoisotopic (exact) mass is 512 g/mol. The van der Waals surface area contributed by atoms with Crippen molar-refractivity contribution in [2.75, 3.05) is 47.8 Å². The number of aromatic nitrogens is 2. The zero-order valence-electron chi connectivity index (χ0n) is 22.4. The molecule has 0 spiro atoms. The molecule has 2 N–H and O–H groups in total. The van der Waals surface area contributed by atoms with E-state index in [0.717, 1.165) is 49.4 Å². The molecule has 1 aromatic carbocycles. The molecule has 3 aromatic rings. The summed E-state index contributed by atoms with van der Waals surface area (Å²) in [6.45, 7) is 10.6. The summed E-state index contributed by atoms with van der Waals surface area (Å²) in [7, 11) is 0. The SMILES string of the molecule is CCNC1CCN(c2ccc(NC(=O)N3C[C@H](C)N(c4ccc(C#N)c5ncccc45)C[C@H]3C)cn2)CC1. The minimum atomic E-state index is -0.114. The van der Waals surface area contributed by atoms with Crippen molar-refractivity contribution >= 4 is 34.1 Å². The number of pyridine rings is 2. The van der Waals surface area contributed by atoms with Gasteiger partial charge in [0, 0.05) is 61.6 Å². The second-order valence-corrected chi connectivity index (χ2v) is 10.3. The first-order valence-corrected chi connectivity index (χ1v) is 13.5. The van der Waals surface area contributed by atoms with Crippen LogP contribution < -0.4 is 20.4 Å². The normalized spacial score (nSPS) is 20.4. The Bertz CT molecular complexity index is 1310. The Hall–Kier alpha value is -3.90. The Kier molecular flexibility index (Phi) is 7.61. The Labute approximate surface area is 224 Å². The van der Waals surface area contributed by atoms with Crippen molar-refractivity contribution < 1.29 is 4.79 Å². The van der Waals surface area contributed by atoms with Gasteiger partial charge in [-0.05, 0) is 69.6 Å². The van der Waals surface area contributed by atoms with Gasteiger partial charge in [0.25, 0.3) is 0 Å². The average molecular weight is 513 g/mol. The molecule has 2 atom stereocenters. The fourth-order valence-electron chi connectivity index (χ4n) is 5.69. The molecule has 0 saturated carbocycles. The molecule has 0 bridgehead atoms. The number of fused-ring (bicyclic) bond motifs is 1. The van der Waals surface area contributed by atoms with Crippen LogP contribution in [0.3, 0.4) is 0 Å². The lowest BCUT2D eigenvalue weighted by atomic mass is 10.0. The molecule has 4 heterocycles. The average Bonchev–Trinajstić information content (AvgIpc) is 2.94. The van der Waals surface area contributed by atoms with Crippen LogP contribution in [0.15, 0.2) is 48.8 Å². The molecule has 2 amide bonds. The quantitative estimate of drug-likeness (QED) is 0.528. The third-order valence-electron chi connectivity index (χ3n) is 7.73. The van der Waals surface area contributed by atoms with Gasteiger partial charge in [0.2, 0.25) is 0 Å². The molecule has 2 fully saturated rings. The van der Waals surface area contributed by atoms with Crippen LogP contribution in [0.25, 0.3) is 10.9 Å². The predicted octanol–water partition coefficient (Wildman–Crippen LogP) is 4.21. The fraction of sp³-hybridized carbons (Fsp3) is 0.448. The molecule has 0 radical (unpaired) electrons. The van der Waals surface area contributed by atoms with Crippen LogP contribution in [-0.2, 0) is 0 Å².